The molecule has 0 bridgehead atoms. The van der Waals surface area contributed by atoms with Crippen molar-refractivity contribution in [2.75, 3.05) is 31.8 Å². The topological polar surface area (TPSA) is 87.7 Å². The maximum atomic E-state index is 12.2. The second-order valence-corrected chi connectivity index (χ2v) is 5.87. The van der Waals surface area contributed by atoms with Gasteiger partial charge in [0, 0.05) is 6.04 Å². The van der Waals surface area contributed by atoms with E-state index in [1.54, 1.807) is 11.8 Å². The SMILES string of the molecule is CCCNC1COCC1C(=O)N[C@@H](CCSC)C(=O)O. The second-order valence-electron chi connectivity index (χ2n) is 4.89. The molecule has 3 N–H and O–H groups in total. The third-order valence-corrected chi connectivity index (χ3v) is 3.94. The van der Waals surface area contributed by atoms with E-state index in [9.17, 15) is 9.59 Å². The maximum absolute atomic E-state index is 12.2. The zero-order chi connectivity index (χ0) is 15.0. The molecule has 0 aromatic rings. The molecule has 1 saturated heterocycles. The number of carbonyl (C=O) groups is 2. The summed E-state index contributed by atoms with van der Waals surface area (Å²) in [5.74, 6) is -0.817. The Labute approximate surface area is 124 Å². The zero-order valence-corrected chi connectivity index (χ0v) is 12.9. The predicted octanol–water partition coefficient (Wildman–Crippen LogP) is 0.324. The minimum absolute atomic E-state index is 0.0232. The Hall–Kier alpha value is -0.790. The summed E-state index contributed by atoms with van der Waals surface area (Å²) >= 11 is 1.57. The van der Waals surface area contributed by atoms with E-state index < -0.39 is 12.0 Å². The lowest BCUT2D eigenvalue weighted by Gasteiger charge is -2.21. The molecule has 0 spiro atoms. The average Bonchev–Trinajstić information content (AvgIpc) is 2.89. The van der Waals surface area contributed by atoms with Crippen molar-refractivity contribution in [2.45, 2.75) is 31.8 Å². The van der Waals surface area contributed by atoms with E-state index >= 15 is 0 Å². The molecule has 1 aliphatic rings. The third kappa shape index (κ3) is 5.30. The van der Waals surface area contributed by atoms with Crippen LogP contribution in [0.5, 0.6) is 0 Å². The molecule has 1 aliphatic heterocycles. The van der Waals surface area contributed by atoms with Crippen molar-refractivity contribution in [2.24, 2.45) is 5.92 Å². The van der Waals surface area contributed by atoms with E-state index in [0.29, 0.717) is 25.4 Å². The molecular weight excluding hydrogens is 280 g/mol. The van der Waals surface area contributed by atoms with Gasteiger partial charge in [-0.3, -0.25) is 4.79 Å². The van der Waals surface area contributed by atoms with E-state index in [4.69, 9.17) is 9.84 Å². The number of carboxylic acids is 1. The lowest BCUT2D eigenvalue weighted by atomic mass is 10.0. The van der Waals surface area contributed by atoms with Gasteiger partial charge in [0.05, 0.1) is 19.1 Å². The Morgan fingerprint density at radius 3 is 2.80 bits per heavy atom. The number of thioether (sulfide) groups is 1. The van der Waals surface area contributed by atoms with Crippen LogP contribution in [-0.2, 0) is 14.3 Å². The van der Waals surface area contributed by atoms with Crippen LogP contribution >= 0.6 is 11.8 Å². The molecule has 0 saturated carbocycles. The highest BCUT2D eigenvalue weighted by Crippen LogP contribution is 2.15. The van der Waals surface area contributed by atoms with Crippen molar-refractivity contribution < 1.29 is 19.4 Å². The maximum Gasteiger partial charge on any atom is 0.326 e. The highest BCUT2D eigenvalue weighted by molar-refractivity contribution is 7.98. The van der Waals surface area contributed by atoms with Gasteiger partial charge in [-0.05, 0) is 31.4 Å². The Balaban J connectivity index is 2.51. The van der Waals surface area contributed by atoms with Crippen LogP contribution < -0.4 is 10.6 Å². The Morgan fingerprint density at radius 2 is 2.20 bits per heavy atom. The smallest absolute Gasteiger partial charge is 0.326 e. The summed E-state index contributed by atoms with van der Waals surface area (Å²) in [6.07, 6.45) is 3.33. The second kappa shape index (κ2) is 9.20. The van der Waals surface area contributed by atoms with E-state index in [1.807, 2.05) is 6.26 Å². The molecule has 0 aliphatic carbocycles. The Bertz CT molecular complexity index is 327. The highest BCUT2D eigenvalue weighted by atomic mass is 32.2. The zero-order valence-electron chi connectivity index (χ0n) is 12.1. The summed E-state index contributed by atoms with van der Waals surface area (Å²) in [5, 5.41) is 15.0. The number of aliphatic carboxylic acids is 1. The first-order valence-corrected chi connectivity index (χ1v) is 8.32. The molecule has 116 valence electrons. The fourth-order valence-electron chi connectivity index (χ4n) is 2.12. The van der Waals surface area contributed by atoms with Crippen molar-refractivity contribution in [3.8, 4) is 0 Å². The monoisotopic (exact) mass is 304 g/mol. The van der Waals surface area contributed by atoms with Crippen LogP contribution in [-0.4, -0.2) is 60.8 Å². The molecule has 6 nitrogen and oxygen atoms in total. The molecule has 1 heterocycles. The van der Waals surface area contributed by atoms with Crippen LogP contribution in [0.25, 0.3) is 0 Å². The molecule has 0 radical (unpaired) electrons. The van der Waals surface area contributed by atoms with Crippen molar-refractivity contribution in [1.29, 1.82) is 0 Å². The lowest BCUT2D eigenvalue weighted by Crippen LogP contribution is -2.49. The molecular formula is C13H24N2O4S. The van der Waals surface area contributed by atoms with E-state index in [2.05, 4.69) is 17.6 Å². The average molecular weight is 304 g/mol. The first kappa shape index (κ1) is 17.3. The van der Waals surface area contributed by atoms with Crippen LogP contribution in [0.1, 0.15) is 19.8 Å². The van der Waals surface area contributed by atoms with E-state index in [0.717, 1.165) is 13.0 Å². The fraction of sp³-hybridized carbons (Fsp3) is 0.846. The van der Waals surface area contributed by atoms with Crippen LogP contribution in [0.3, 0.4) is 0 Å². The molecule has 3 atom stereocenters. The fourth-order valence-corrected chi connectivity index (χ4v) is 2.59. The Morgan fingerprint density at radius 1 is 1.45 bits per heavy atom. The molecule has 2 unspecified atom stereocenters. The van der Waals surface area contributed by atoms with Crippen LogP contribution in [0.4, 0.5) is 0 Å². The summed E-state index contributed by atoms with van der Waals surface area (Å²) < 4.78 is 5.34. The molecule has 1 fully saturated rings. The van der Waals surface area contributed by atoms with Crippen LogP contribution in [0.2, 0.25) is 0 Å². The number of hydrogen-bond acceptors (Lipinski definition) is 5. The summed E-state index contributed by atoms with van der Waals surface area (Å²) in [5.41, 5.74) is 0. The van der Waals surface area contributed by atoms with Gasteiger partial charge in [0.25, 0.3) is 0 Å². The number of carbonyl (C=O) groups excluding carboxylic acids is 1. The minimum atomic E-state index is -0.982. The molecule has 7 heteroatoms. The van der Waals surface area contributed by atoms with Gasteiger partial charge < -0.3 is 20.5 Å². The predicted molar refractivity (Wildman–Crippen MR) is 79.0 cm³/mol. The van der Waals surface area contributed by atoms with Crippen LogP contribution in [0.15, 0.2) is 0 Å². The van der Waals surface area contributed by atoms with Crippen molar-refractivity contribution in [3.05, 3.63) is 0 Å². The van der Waals surface area contributed by atoms with E-state index in [1.165, 1.54) is 0 Å². The molecule has 0 aromatic carbocycles. The third-order valence-electron chi connectivity index (χ3n) is 3.30. The van der Waals surface area contributed by atoms with Gasteiger partial charge in [-0.1, -0.05) is 6.92 Å². The highest BCUT2D eigenvalue weighted by Gasteiger charge is 2.35. The first-order valence-electron chi connectivity index (χ1n) is 6.93. The van der Waals surface area contributed by atoms with Gasteiger partial charge >= 0.3 is 5.97 Å². The molecule has 1 rings (SSSR count). The number of carboxylic acid groups (broad SMARTS) is 1. The number of rotatable bonds is 9. The first-order chi connectivity index (χ1) is 9.60. The summed E-state index contributed by atoms with van der Waals surface area (Å²) in [6.45, 7) is 3.73. The number of hydrogen-bond donors (Lipinski definition) is 3. The molecule has 0 aromatic heterocycles. The van der Waals surface area contributed by atoms with Gasteiger partial charge in [0.1, 0.15) is 6.04 Å². The largest absolute Gasteiger partial charge is 0.480 e. The molecule has 20 heavy (non-hydrogen) atoms. The lowest BCUT2D eigenvalue weighted by molar-refractivity contribution is -0.142. The van der Waals surface area contributed by atoms with Gasteiger partial charge in [-0.25, -0.2) is 4.79 Å². The number of nitrogens with one attached hydrogen (secondary N) is 2. The Kier molecular flexibility index (Phi) is 7.94. The van der Waals surface area contributed by atoms with Crippen molar-refractivity contribution in [3.63, 3.8) is 0 Å². The standard InChI is InChI=1S/C13H24N2O4S/c1-3-5-14-11-8-19-7-9(11)12(16)15-10(13(17)18)4-6-20-2/h9-11,14H,3-8H2,1-2H3,(H,15,16)(H,17,18)/t9?,10-,11?/m0/s1. The number of amides is 1. The summed E-state index contributed by atoms with van der Waals surface area (Å²) in [4.78, 5) is 23.3. The minimum Gasteiger partial charge on any atom is -0.480 e. The van der Waals surface area contributed by atoms with Gasteiger partial charge in [-0.15, -0.1) is 0 Å². The normalized spacial score (nSPS) is 23.5. The van der Waals surface area contributed by atoms with Crippen molar-refractivity contribution >= 4 is 23.6 Å². The van der Waals surface area contributed by atoms with Gasteiger partial charge in [-0.2, -0.15) is 11.8 Å². The summed E-state index contributed by atoms with van der Waals surface area (Å²) in [7, 11) is 0. The molecule has 1 amide bonds. The van der Waals surface area contributed by atoms with Gasteiger partial charge in [0.15, 0.2) is 0 Å². The van der Waals surface area contributed by atoms with Crippen LogP contribution in [0, 0.1) is 5.92 Å². The number of ether oxygens (including phenoxy) is 1. The van der Waals surface area contributed by atoms with Crippen molar-refractivity contribution in [1.82, 2.24) is 10.6 Å². The van der Waals surface area contributed by atoms with E-state index in [-0.39, 0.29) is 17.9 Å². The quantitative estimate of drug-likeness (QED) is 0.569. The van der Waals surface area contributed by atoms with Gasteiger partial charge in [0.2, 0.25) is 5.91 Å². The summed E-state index contributed by atoms with van der Waals surface area (Å²) in [6, 6.07) is -0.840.